The van der Waals surface area contributed by atoms with E-state index in [-0.39, 0.29) is 0 Å². The molecule has 2 heterocycles. The molecule has 0 amide bonds. The Labute approximate surface area is 142 Å². The SMILES string of the molecule is CCN1CCCC1CNC(N)=NCC(C)CN1CCN(C)CC1. The van der Waals surface area contributed by atoms with Crippen molar-refractivity contribution in [1.29, 1.82) is 0 Å². The van der Waals surface area contributed by atoms with Gasteiger partial charge < -0.3 is 20.9 Å². The predicted octanol–water partition coefficient (Wildman–Crippen LogP) is 0.259. The van der Waals surface area contributed by atoms with Crippen LogP contribution < -0.4 is 11.1 Å². The lowest BCUT2D eigenvalue weighted by molar-refractivity contribution is 0.140. The summed E-state index contributed by atoms with van der Waals surface area (Å²) in [6, 6.07) is 0.622. The van der Waals surface area contributed by atoms with Crippen molar-refractivity contribution in [2.75, 3.05) is 66.0 Å². The monoisotopic (exact) mass is 324 g/mol. The van der Waals surface area contributed by atoms with Gasteiger partial charge in [-0.15, -0.1) is 0 Å². The van der Waals surface area contributed by atoms with Gasteiger partial charge >= 0.3 is 0 Å². The molecule has 0 aromatic rings. The average molecular weight is 325 g/mol. The third-order valence-electron chi connectivity index (χ3n) is 5.16. The zero-order valence-corrected chi connectivity index (χ0v) is 15.3. The molecule has 2 fully saturated rings. The summed E-state index contributed by atoms with van der Waals surface area (Å²) < 4.78 is 0. The van der Waals surface area contributed by atoms with Crippen LogP contribution in [0.15, 0.2) is 4.99 Å². The minimum Gasteiger partial charge on any atom is -0.370 e. The van der Waals surface area contributed by atoms with Gasteiger partial charge in [-0.1, -0.05) is 13.8 Å². The Morgan fingerprint density at radius 1 is 1.26 bits per heavy atom. The molecule has 2 saturated heterocycles. The van der Waals surface area contributed by atoms with Crippen molar-refractivity contribution in [2.45, 2.75) is 32.7 Å². The summed E-state index contributed by atoms with van der Waals surface area (Å²) in [5.74, 6) is 1.16. The number of likely N-dealkylation sites (tertiary alicyclic amines) is 1. The van der Waals surface area contributed by atoms with Gasteiger partial charge in [0.05, 0.1) is 0 Å². The van der Waals surface area contributed by atoms with Crippen LogP contribution in [0.1, 0.15) is 26.7 Å². The highest BCUT2D eigenvalue weighted by atomic mass is 15.2. The Balaban J connectivity index is 1.63. The van der Waals surface area contributed by atoms with Crippen molar-refractivity contribution < 1.29 is 0 Å². The van der Waals surface area contributed by atoms with Gasteiger partial charge in [-0.3, -0.25) is 9.89 Å². The lowest BCUT2D eigenvalue weighted by Gasteiger charge is -2.33. The normalized spacial score (nSPS) is 26.6. The number of likely N-dealkylation sites (N-methyl/N-ethyl adjacent to an activating group) is 2. The molecule has 0 bridgehead atoms. The third kappa shape index (κ3) is 6.28. The van der Waals surface area contributed by atoms with E-state index in [2.05, 4.69) is 45.9 Å². The van der Waals surface area contributed by atoms with E-state index >= 15 is 0 Å². The molecule has 6 heteroatoms. The quantitative estimate of drug-likeness (QED) is 0.520. The fourth-order valence-electron chi connectivity index (χ4n) is 3.60. The van der Waals surface area contributed by atoms with E-state index in [1.165, 1.54) is 45.6 Å². The number of rotatable bonds is 7. The van der Waals surface area contributed by atoms with E-state index in [9.17, 15) is 0 Å². The van der Waals surface area contributed by atoms with Crippen LogP contribution in [0.3, 0.4) is 0 Å². The summed E-state index contributed by atoms with van der Waals surface area (Å²) in [5.41, 5.74) is 6.04. The number of piperazine rings is 1. The summed E-state index contributed by atoms with van der Waals surface area (Å²) in [5, 5.41) is 3.32. The molecule has 23 heavy (non-hydrogen) atoms. The van der Waals surface area contributed by atoms with Crippen molar-refractivity contribution in [3.05, 3.63) is 0 Å². The Bertz CT molecular complexity index is 364. The molecular formula is C17H36N6. The van der Waals surface area contributed by atoms with Gasteiger partial charge in [-0.2, -0.15) is 0 Å². The van der Waals surface area contributed by atoms with Gasteiger partial charge in [-0.05, 0) is 38.9 Å². The van der Waals surface area contributed by atoms with E-state index in [1.807, 2.05) is 0 Å². The van der Waals surface area contributed by atoms with Crippen LogP contribution in [0, 0.1) is 5.92 Å². The molecule has 3 N–H and O–H groups in total. The number of nitrogens with two attached hydrogens (primary N) is 1. The summed E-state index contributed by atoms with van der Waals surface area (Å²) >= 11 is 0. The largest absolute Gasteiger partial charge is 0.370 e. The van der Waals surface area contributed by atoms with Crippen LogP contribution in [0.5, 0.6) is 0 Å². The smallest absolute Gasteiger partial charge is 0.188 e. The molecule has 0 saturated carbocycles. The first kappa shape index (κ1) is 18.5. The van der Waals surface area contributed by atoms with Crippen LogP contribution in [0.25, 0.3) is 0 Å². The lowest BCUT2D eigenvalue weighted by atomic mass is 10.1. The van der Waals surface area contributed by atoms with Crippen LogP contribution in [0.2, 0.25) is 0 Å². The van der Waals surface area contributed by atoms with E-state index in [0.717, 1.165) is 26.2 Å². The molecule has 0 aromatic carbocycles. The third-order valence-corrected chi connectivity index (χ3v) is 5.16. The first-order valence-electron chi connectivity index (χ1n) is 9.27. The Hall–Kier alpha value is -0.850. The highest BCUT2D eigenvalue weighted by molar-refractivity contribution is 5.77. The molecule has 0 aromatic heterocycles. The molecule has 6 nitrogen and oxygen atoms in total. The van der Waals surface area contributed by atoms with Crippen LogP contribution in [-0.4, -0.2) is 92.7 Å². The zero-order chi connectivity index (χ0) is 16.7. The van der Waals surface area contributed by atoms with Gasteiger partial charge in [0.2, 0.25) is 0 Å². The molecule has 134 valence electrons. The molecule has 2 atom stereocenters. The number of hydrogen-bond acceptors (Lipinski definition) is 4. The van der Waals surface area contributed by atoms with Crippen LogP contribution >= 0.6 is 0 Å². The maximum atomic E-state index is 6.04. The minimum absolute atomic E-state index is 0.553. The van der Waals surface area contributed by atoms with Gasteiger partial charge in [0.15, 0.2) is 5.96 Å². The Morgan fingerprint density at radius 2 is 2.00 bits per heavy atom. The zero-order valence-electron chi connectivity index (χ0n) is 15.3. The van der Waals surface area contributed by atoms with Crippen molar-refractivity contribution in [1.82, 2.24) is 20.0 Å². The van der Waals surface area contributed by atoms with E-state index in [4.69, 9.17) is 5.73 Å². The second-order valence-electron chi connectivity index (χ2n) is 7.24. The number of nitrogens with zero attached hydrogens (tertiary/aromatic N) is 4. The van der Waals surface area contributed by atoms with Gasteiger partial charge in [0, 0.05) is 51.9 Å². The second kappa shape index (κ2) is 9.45. The number of aliphatic imine (C=N–C) groups is 1. The molecule has 2 unspecified atom stereocenters. The summed E-state index contributed by atoms with van der Waals surface area (Å²) in [7, 11) is 2.20. The predicted molar refractivity (Wildman–Crippen MR) is 97.9 cm³/mol. The molecule has 2 aliphatic heterocycles. The molecular weight excluding hydrogens is 288 g/mol. The minimum atomic E-state index is 0.553. The van der Waals surface area contributed by atoms with Crippen LogP contribution in [0.4, 0.5) is 0 Å². The van der Waals surface area contributed by atoms with E-state index < -0.39 is 0 Å². The fraction of sp³-hybridized carbons (Fsp3) is 0.941. The van der Waals surface area contributed by atoms with Gasteiger partial charge in [-0.25, -0.2) is 0 Å². The van der Waals surface area contributed by atoms with E-state index in [0.29, 0.717) is 17.9 Å². The summed E-state index contributed by atoms with van der Waals surface area (Å²) in [4.78, 5) is 12.0. The Morgan fingerprint density at radius 3 is 2.70 bits per heavy atom. The number of nitrogens with one attached hydrogen (secondary N) is 1. The summed E-state index contributed by atoms with van der Waals surface area (Å²) in [6.45, 7) is 14.4. The number of hydrogen-bond donors (Lipinski definition) is 2. The number of guanidine groups is 1. The second-order valence-corrected chi connectivity index (χ2v) is 7.24. The maximum Gasteiger partial charge on any atom is 0.188 e. The van der Waals surface area contributed by atoms with Gasteiger partial charge in [0.1, 0.15) is 0 Å². The maximum absolute atomic E-state index is 6.04. The van der Waals surface area contributed by atoms with Crippen molar-refractivity contribution in [2.24, 2.45) is 16.6 Å². The molecule has 2 aliphatic rings. The van der Waals surface area contributed by atoms with E-state index in [1.54, 1.807) is 0 Å². The standard InChI is InChI=1S/C17H36N6/c1-4-23-7-5-6-16(23)13-20-17(18)19-12-15(2)14-22-10-8-21(3)9-11-22/h15-16H,4-14H2,1-3H3,(H3,18,19,20). The van der Waals surface area contributed by atoms with Crippen molar-refractivity contribution in [3.8, 4) is 0 Å². The average Bonchev–Trinajstić information content (AvgIpc) is 3.00. The fourth-order valence-corrected chi connectivity index (χ4v) is 3.60. The topological polar surface area (TPSA) is 60.1 Å². The lowest BCUT2D eigenvalue weighted by Crippen LogP contribution is -2.46. The first-order chi connectivity index (χ1) is 11.1. The van der Waals surface area contributed by atoms with Crippen molar-refractivity contribution >= 4 is 5.96 Å². The van der Waals surface area contributed by atoms with Gasteiger partial charge in [0.25, 0.3) is 0 Å². The molecule has 0 aliphatic carbocycles. The van der Waals surface area contributed by atoms with Crippen molar-refractivity contribution in [3.63, 3.8) is 0 Å². The first-order valence-corrected chi connectivity index (χ1v) is 9.27. The highest BCUT2D eigenvalue weighted by Crippen LogP contribution is 2.15. The van der Waals surface area contributed by atoms with Crippen LogP contribution in [-0.2, 0) is 0 Å². The molecule has 0 radical (unpaired) electrons. The summed E-state index contributed by atoms with van der Waals surface area (Å²) in [6.07, 6.45) is 2.58. The molecule has 2 rings (SSSR count). The highest BCUT2D eigenvalue weighted by Gasteiger charge is 2.22. The molecule has 0 spiro atoms. The Kier molecular flexibility index (Phi) is 7.59.